The molecule has 4 aromatic rings. The van der Waals surface area contributed by atoms with Crippen molar-refractivity contribution in [2.45, 2.75) is 6.54 Å². The normalized spacial score (nSPS) is 10.4. The Balaban J connectivity index is 1.74. The predicted molar refractivity (Wildman–Crippen MR) is 106 cm³/mol. The third-order valence-electron chi connectivity index (χ3n) is 4.49. The number of aromatic nitrogens is 1. The van der Waals surface area contributed by atoms with Gasteiger partial charge in [0.15, 0.2) is 6.20 Å². The molecule has 4 nitrogen and oxygen atoms in total. The van der Waals surface area contributed by atoms with E-state index in [2.05, 4.69) is 6.07 Å². The standard InChI is InChI=1S/C24H17N2O2/c25-16-18-10-12-21(13-11-18)28-24-22-9-5-4-6-19(22)14-15-26(24)17-23(27)20-7-2-1-3-8-20/h1-15H,17H2/q+1. The van der Waals surface area contributed by atoms with Gasteiger partial charge in [0.05, 0.1) is 17.0 Å². The fourth-order valence-electron chi connectivity index (χ4n) is 3.05. The monoisotopic (exact) mass is 365 g/mol. The molecule has 0 N–H and O–H groups in total. The van der Waals surface area contributed by atoms with Gasteiger partial charge in [0.2, 0.25) is 12.3 Å². The van der Waals surface area contributed by atoms with Crippen LogP contribution in [0.4, 0.5) is 0 Å². The molecule has 4 rings (SSSR count). The van der Waals surface area contributed by atoms with Gasteiger partial charge in [-0.25, -0.2) is 0 Å². The van der Waals surface area contributed by atoms with E-state index in [9.17, 15) is 4.79 Å². The molecule has 28 heavy (non-hydrogen) atoms. The summed E-state index contributed by atoms with van der Waals surface area (Å²) in [5, 5.41) is 10.9. The maximum absolute atomic E-state index is 12.7. The molecular weight excluding hydrogens is 348 g/mol. The minimum absolute atomic E-state index is 0.00515. The Kier molecular flexibility index (Phi) is 4.81. The van der Waals surface area contributed by atoms with E-state index in [-0.39, 0.29) is 12.3 Å². The molecule has 1 aromatic heterocycles. The highest BCUT2D eigenvalue weighted by Crippen LogP contribution is 2.26. The number of ketones is 1. The van der Waals surface area contributed by atoms with E-state index in [0.29, 0.717) is 22.8 Å². The minimum atomic E-state index is 0.00515. The highest BCUT2D eigenvalue weighted by atomic mass is 16.5. The van der Waals surface area contributed by atoms with Gasteiger partial charge in [-0.3, -0.25) is 4.79 Å². The molecule has 1 heterocycles. The van der Waals surface area contributed by atoms with E-state index in [4.69, 9.17) is 10.00 Å². The Morgan fingerprint density at radius 2 is 1.61 bits per heavy atom. The van der Waals surface area contributed by atoms with Crippen LogP contribution in [0, 0.1) is 11.3 Å². The first-order valence-corrected chi connectivity index (χ1v) is 8.92. The molecule has 4 heteroatoms. The van der Waals surface area contributed by atoms with Crippen molar-refractivity contribution in [2.24, 2.45) is 0 Å². The number of hydrogen-bond acceptors (Lipinski definition) is 3. The zero-order chi connectivity index (χ0) is 19.3. The Labute approximate surface area is 162 Å². The molecule has 0 aliphatic rings. The molecule has 0 aliphatic heterocycles. The van der Waals surface area contributed by atoms with Crippen LogP contribution in [0.2, 0.25) is 0 Å². The number of nitriles is 1. The van der Waals surface area contributed by atoms with Crippen molar-refractivity contribution in [3.8, 4) is 17.7 Å². The molecule has 0 bridgehead atoms. The first-order chi connectivity index (χ1) is 13.7. The van der Waals surface area contributed by atoms with Crippen molar-refractivity contribution < 1.29 is 14.1 Å². The molecule has 0 spiro atoms. The van der Waals surface area contributed by atoms with Crippen molar-refractivity contribution in [1.82, 2.24) is 0 Å². The van der Waals surface area contributed by atoms with Crippen LogP contribution in [0.25, 0.3) is 10.8 Å². The quantitative estimate of drug-likeness (QED) is 0.381. The number of fused-ring (bicyclic) bond motifs is 1. The van der Waals surface area contributed by atoms with Crippen LogP contribution in [0.1, 0.15) is 15.9 Å². The van der Waals surface area contributed by atoms with Crippen LogP contribution in [0.15, 0.2) is 91.1 Å². The van der Waals surface area contributed by atoms with Gasteiger partial charge in [0, 0.05) is 11.6 Å². The summed E-state index contributed by atoms with van der Waals surface area (Å²) in [7, 11) is 0. The van der Waals surface area contributed by atoms with Gasteiger partial charge in [0.1, 0.15) is 5.75 Å². The van der Waals surface area contributed by atoms with Crippen molar-refractivity contribution in [1.29, 1.82) is 5.26 Å². The number of carbonyl (C=O) groups is 1. The van der Waals surface area contributed by atoms with Gasteiger partial charge >= 0.3 is 5.88 Å². The molecule has 0 aliphatic carbocycles. The van der Waals surface area contributed by atoms with Gasteiger partial charge in [0.25, 0.3) is 0 Å². The summed E-state index contributed by atoms with van der Waals surface area (Å²) >= 11 is 0. The van der Waals surface area contributed by atoms with Crippen molar-refractivity contribution >= 4 is 16.6 Å². The van der Waals surface area contributed by atoms with Crippen LogP contribution < -0.4 is 9.30 Å². The number of ether oxygens (including phenoxy) is 1. The SMILES string of the molecule is N#Cc1ccc(Oc2c3ccccc3cc[n+]2CC(=O)c2ccccc2)cc1. The lowest BCUT2D eigenvalue weighted by molar-refractivity contribution is -0.685. The Hall–Kier alpha value is -3.97. The summed E-state index contributed by atoms with van der Waals surface area (Å²) in [6.07, 6.45) is 1.86. The Morgan fingerprint density at radius 3 is 2.36 bits per heavy atom. The van der Waals surface area contributed by atoms with Crippen molar-refractivity contribution in [2.75, 3.05) is 0 Å². The molecule has 0 amide bonds. The number of Topliss-reactive ketones (excluding diaryl/α,β-unsaturated/α-hetero) is 1. The van der Waals surface area contributed by atoms with Gasteiger partial charge in [-0.15, -0.1) is 0 Å². The molecular formula is C24H17N2O2+. The van der Waals surface area contributed by atoms with Crippen molar-refractivity contribution in [3.63, 3.8) is 0 Å². The summed E-state index contributed by atoms with van der Waals surface area (Å²) in [5.74, 6) is 1.20. The van der Waals surface area contributed by atoms with Crippen LogP contribution in [-0.4, -0.2) is 5.78 Å². The zero-order valence-corrected chi connectivity index (χ0v) is 15.1. The second-order valence-corrected chi connectivity index (χ2v) is 6.36. The molecule has 0 radical (unpaired) electrons. The van der Waals surface area contributed by atoms with E-state index >= 15 is 0 Å². The average Bonchev–Trinajstić information content (AvgIpc) is 2.76. The fraction of sp³-hybridized carbons (Fsp3) is 0.0417. The van der Waals surface area contributed by atoms with E-state index in [1.807, 2.05) is 71.4 Å². The van der Waals surface area contributed by atoms with Gasteiger partial charge in [-0.05, 0) is 35.7 Å². The second kappa shape index (κ2) is 7.73. The minimum Gasteiger partial charge on any atom is -0.405 e. The lowest BCUT2D eigenvalue weighted by Gasteiger charge is -2.09. The first-order valence-electron chi connectivity index (χ1n) is 8.92. The number of carbonyl (C=O) groups excluding carboxylic acids is 1. The summed E-state index contributed by atoms with van der Waals surface area (Å²) < 4.78 is 7.98. The first kappa shape index (κ1) is 17.4. The fourth-order valence-corrected chi connectivity index (χ4v) is 3.05. The van der Waals surface area contributed by atoms with Gasteiger partial charge < -0.3 is 4.74 Å². The van der Waals surface area contributed by atoms with E-state index in [1.54, 1.807) is 24.3 Å². The topological polar surface area (TPSA) is 54.0 Å². The van der Waals surface area contributed by atoms with Crippen molar-refractivity contribution in [3.05, 3.63) is 102 Å². The lowest BCUT2D eigenvalue weighted by atomic mass is 10.1. The number of rotatable bonds is 5. The Bertz CT molecular complexity index is 1180. The summed E-state index contributed by atoms with van der Waals surface area (Å²) in [5.41, 5.74) is 1.23. The highest BCUT2D eigenvalue weighted by Gasteiger charge is 2.21. The second-order valence-electron chi connectivity index (χ2n) is 6.36. The Morgan fingerprint density at radius 1 is 0.893 bits per heavy atom. The number of hydrogen-bond donors (Lipinski definition) is 0. The van der Waals surface area contributed by atoms with E-state index in [1.165, 1.54) is 0 Å². The summed E-state index contributed by atoms with van der Waals surface area (Å²) in [4.78, 5) is 12.7. The maximum Gasteiger partial charge on any atom is 0.381 e. The molecule has 134 valence electrons. The molecule has 0 fully saturated rings. The highest BCUT2D eigenvalue weighted by molar-refractivity contribution is 5.95. The maximum atomic E-state index is 12.7. The summed E-state index contributed by atoms with van der Waals surface area (Å²) in [6, 6.07) is 28.1. The smallest absolute Gasteiger partial charge is 0.381 e. The van der Waals surface area contributed by atoms with Crippen LogP contribution in [0.5, 0.6) is 11.6 Å². The van der Waals surface area contributed by atoms with E-state index < -0.39 is 0 Å². The predicted octanol–water partition coefficient (Wildman–Crippen LogP) is 4.67. The molecule has 0 unspecified atom stereocenters. The third kappa shape index (κ3) is 3.60. The lowest BCUT2D eigenvalue weighted by Crippen LogP contribution is -2.39. The van der Waals surface area contributed by atoms with Crippen LogP contribution in [0.3, 0.4) is 0 Å². The zero-order valence-electron chi connectivity index (χ0n) is 15.1. The van der Waals surface area contributed by atoms with Gasteiger partial charge in [-0.1, -0.05) is 48.5 Å². The largest absolute Gasteiger partial charge is 0.405 e. The number of nitrogens with zero attached hydrogens (tertiary/aromatic N) is 2. The van der Waals surface area contributed by atoms with Crippen LogP contribution >= 0.6 is 0 Å². The molecule has 0 atom stereocenters. The van der Waals surface area contributed by atoms with Crippen LogP contribution in [-0.2, 0) is 6.54 Å². The molecule has 0 saturated heterocycles. The molecule has 3 aromatic carbocycles. The van der Waals surface area contributed by atoms with Gasteiger partial charge in [-0.2, -0.15) is 9.83 Å². The summed E-state index contributed by atoms with van der Waals surface area (Å²) in [6.45, 7) is 0.167. The number of pyridine rings is 1. The third-order valence-corrected chi connectivity index (χ3v) is 4.49. The number of benzene rings is 3. The average molecular weight is 365 g/mol. The van der Waals surface area contributed by atoms with E-state index in [0.717, 1.165) is 10.8 Å². The molecule has 0 saturated carbocycles.